The summed E-state index contributed by atoms with van der Waals surface area (Å²) >= 11 is 1.30. The molecule has 9 heteroatoms. The first kappa shape index (κ1) is 22.4. The third kappa shape index (κ3) is 4.88. The van der Waals surface area contributed by atoms with Crippen molar-refractivity contribution in [1.82, 2.24) is 9.13 Å². The largest absolute Gasteiger partial charge is 0.459 e. The number of rotatable bonds is 8. The van der Waals surface area contributed by atoms with Gasteiger partial charge in [-0.25, -0.2) is 4.79 Å². The van der Waals surface area contributed by atoms with Gasteiger partial charge in [0.15, 0.2) is 0 Å². The number of esters is 1. The lowest BCUT2D eigenvalue weighted by Gasteiger charge is -2.18. The minimum Gasteiger partial charge on any atom is -0.459 e. The Morgan fingerprint density at radius 3 is 2.60 bits per heavy atom. The number of aliphatic imine (C=N–C) groups is 1. The highest BCUT2D eigenvalue weighted by Gasteiger charge is 2.30. The maximum absolute atomic E-state index is 13.1. The van der Waals surface area contributed by atoms with Gasteiger partial charge in [0, 0.05) is 18.8 Å². The van der Waals surface area contributed by atoms with Crippen LogP contribution in [0.4, 0.5) is 4.39 Å². The van der Waals surface area contributed by atoms with Crippen molar-refractivity contribution in [2.24, 2.45) is 4.99 Å². The van der Waals surface area contributed by atoms with Crippen molar-refractivity contribution in [1.29, 1.82) is 0 Å². The number of halogens is 1. The van der Waals surface area contributed by atoms with Crippen molar-refractivity contribution in [3.63, 3.8) is 0 Å². The Kier molecular flexibility index (Phi) is 6.59. The van der Waals surface area contributed by atoms with Gasteiger partial charge in [0.25, 0.3) is 5.56 Å². The standard InChI is InChI=1S/C21H28FN3O4S/c1-13-15(11-23-12-16(26)29-21(2,3)4)30-19-17(13)18(27)25(14-7-8-14)20(28)24(19)10-6-5-9-22/h11,14H,5-10,12H2,1-4H3. The molecule has 3 rings (SSSR count). The van der Waals surface area contributed by atoms with Gasteiger partial charge in [0.2, 0.25) is 0 Å². The van der Waals surface area contributed by atoms with E-state index in [0.29, 0.717) is 29.6 Å². The van der Waals surface area contributed by atoms with Crippen LogP contribution in [0.2, 0.25) is 0 Å². The number of nitrogens with zero attached hydrogens (tertiary/aromatic N) is 3. The highest BCUT2D eigenvalue weighted by atomic mass is 32.1. The number of unbranched alkanes of at least 4 members (excludes halogenated alkanes) is 1. The molecule has 164 valence electrons. The molecule has 0 bridgehead atoms. The second-order valence-electron chi connectivity index (χ2n) is 8.56. The summed E-state index contributed by atoms with van der Waals surface area (Å²) in [5.74, 6) is -0.434. The van der Waals surface area contributed by atoms with E-state index in [2.05, 4.69) is 4.99 Å². The van der Waals surface area contributed by atoms with Crippen molar-refractivity contribution < 1.29 is 13.9 Å². The van der Waals surface area contributed by atoms with Gasteiger partial charge in [0.1, 0.15) is 17.0 Å². The minimum atomic E-state index is -0.580. The number of thiophene rings is 1. The number of hydrogen-bond donors (Lipinski definition) is 0. The van der Waals surface area contributed by atoms with E-state index in [4.69, 9.17) is 4.74 Å². The van der Waals surface area contributed by atoms with Crippen molar-refractivity contribution in [3.8, 4) is 0 Å². The Balaban J connectivity index is 1.99. The predicted molar refractivity (Wildman–Crippen MR) is 117 cm³/mol. The van der Waals surface area contributed by atoms with Gasteiger partial charge < -0.3 is 4.74 Å². The zero-order valence-electron chi connectivity index (χ0n) is 17.9. The lowest BCUT2D eigenvalue weighted by atomic mass is 10.2. The zero-order chi connectivity index (χ0) is 22.1. The normalized spacial score (nSPS) is 14.7. The van der Waals surface area contributed by atoms with Gasteiger partial charge in [0.05, 0.1) is 16.9 Å². The first-order valence-electron chi connectivity index (χ1n) is 10.2. The third-order valence-corrected chi connectivity index (χ3v) is 6.06. The number of hydrogen-bond acceptors (Lipinski definition) is 6. The molecule has 1 aliphatic rings. The maximum atomic E-state index is 13.1. The number of fused-ring (bicyclic) bond motifs is 1. The summed E-state index contributed by atoms with van der Waals surface area (Å²) in [6.07, 6.45) is 4.08. The van der Waals surface area contributed by atoms with Gasteiger partial charge in [-0.1, -0.05) is 0 Å². The Morgan fingerprint density at radius 1 is 1.30 bits per heavy atom. The number of aromatic nitrogens is 2. The molecule has 0 unspecified atom stereocenters. The fraction of sp³-hybridized carbons (Fsp3) is 0.619. The van der Waals surface area contributed by atoms with Crippen LogP contribution in [0, 0.1) is 6.92 Å². The molecule has 2 aromatic rings. The van der Waals surface area contributed by atoms with E-state index in [1.807, 2.05) is 6.92 Å². The summed E-state index contributed by atoms with van der Waals surface area (Å²) in [5, 5.41) is 0.505. The smallest absolute Gasteiger partial charge is 0.332 e. The second kappa shape index (κ2) is 8.83. The summed E-state index contributed by atoms with van der Waals surface area (Å²) in [6, 6.07) is -0.0505. The van der Waals surface area contributed by atoms with Crippen LogP contribution in [0.1, 0.15) is 62.9 Å². The SMILES string of the molecule is Cc1c(C=NCC(=O)OC(C)(C)C)sc2c1c(=O)n(C1CC1)c(=O)n2CCCCF. The number of ether oxygens (including phenoxy) is 1. The zero-order valence-corrected chi connectivity index (χ0v) is 18.7. The fourth-order valence-electron chi connectivity index (χ4n) is 3.30. The van der Waals surface area contributed by atoms with E-state index < -0.39 is 18.2 Å². The number of aryl methyl sites for hydroxylation is 2. The third-order valence-electron chi connectivity index (χ3n) is 4.81. The highest BCUT2D eigenvalue weighted by molar-refractivity contribution is 7.20. The molecule has 30 heavy (non-hydrogen) atoms. The Labute approximate surface area is 178 Å². The monoisotopic (exact) mass is 437 g/mol. The molecule has 1 aliphatic carbocycles. The molecule has 1 saturated carbocycles. The Bertz CT molecular complexity index is 1090. The number of carbonyl (C=O) groups is 1. The summed E-state index contributed by atoms with van der Waals surface area (Å²) in [7, 11) is 0. The lowest BCUT2D eigenvalue weighted by molar-refractivity contribution is -0.152. The molecule has 0 spiro atoms. The van der Waals surface area contributed by atoms with E-state index in [0.717, 1.165) is 23.3 Å². The molecule has 0 aromatic carbocycles. The molecule has 2 aromatic heterocycles. The van der Waals surface area contributed by atoms with Crippen LogP contribution in [0.3, 0.4) is 0 Å². The fourth-order valence-corrected chi connectivity index (χ4v) is 4.51. The molecule has 1 fully saturated rings. The topological polar surface area (TPSA) is 82.7 Å². The summed E-state index contributed by atoms with van der Waals surface area (Å²) in [5.41, 5.74) is -0.447. The van der Waals surface area contributed by atoms with Crippen molar-refractivity contribution >= 4 is 33.7 Å². The van der Waals surface area contributed by atoms with Gasteiger partial charge in [-0.05, 0) is 58.9 Å². The van der Waals surface area contributed by atoms with Crippen LogP contribution in [-0.2, 0) is 16.1 Å². The van der Waals surface area contributed by atoms with Crippen LogP contribution in [0.25, 0.3) is 10.2 Å². The van der Waals surface area contributed by atoms with Crippen molar-refractivity contribution in [2.75, 3.05) is 13.2 Å². The van der Waals surface area contributed by atoms with Crippen molar-refractivity contribution in [2.45, 2.75) is 71.6 Å². The molecule has 0 saturated heterocycles. The van der Waals surface area contributed by atoms with Crippen LogP contribution in [0.15, 0.2) is 14.6 Å². The number of carbonyl (C=O) groups excluding carboxylic acids is 1. The summed E-state index contributed by atoms with van der Waals surface area (Å²) < 4.78 is 20.8. The molecule has 0 aliphatic heterocycles. The molecule has 0 N–H and O–H groups in total. The Morgan fingerprint density at radius 2 is 2.00 bits per heavy atom. The first-order valence-corrected chi connectivity index (χ1v) is 11.0. The van der Waals surface area contributed by atoms with Crippen molar-refractivity contribution in [3.05, 3.63) is 31.3 Å². The van der Waals surface area contributed by atoms with Gasteiger partial charge >= 0.3 is 11.7 Å². The molecule has 0 atom stereocenters. The molecular formula is C21H28FN3O4S. The van der Waals surface area contributed by atoms with Gasteiger partial charge in [-0.15, -0.1) is 11.3 Å². The quantitative estimate of drug-likeness (QED) is 0.360. The molecule has 2 heterocycles. The second-order valence-corrected chi connectivity index (χ2v) is 9.59. The van der Waals surface area contributed by atoms with E-state index in [-0.39, 0.29) is 23.8 Å². The lowest BCUT2D eigenvalue weighted by Crippen LogP contribution is -2.39. The Hall–Kier alpha value is -2.29. The van der Waals surface area contributed by atoms with Gasteiger partial charge in [-0.2, -0.15) is 0 Å². The molecule has 0 amide bonds. The van der Waals surface area contributed by atoms with E-state index >= 15 is 0 Å². The van der Waals surface area contributed by atoms with Crippen LogP contribution in [0.5, 0.6) is 0 Å². The van der Waals surface area contributed by atoms with Crippen LogP contribution in [-0.4, -0.2) is 40.1 Å². The first-order chi connectivity index (χ1) is 14.1. The highest BCUT2D eigenvalue weighted by Crippen LogP contribution is 2.34. The molecule has 0 radical (unpaired) electrons. The van der Waals surface area contributed by atoms with E-state index in [1.165, 1.54) is 15.9 Å². The van der Waals surface area contributed by atoms with Crippen LogP contribution >= 0.6 is 11.3 Å². The predicted octanol–water partition coefficient (Wildman–Crippen LogP) is 3.38. The minimum absolute atomic E-state index is 0.0505. The van der Waals surface area contributed by atoms with Gasteiger partial charge in [-0.3, -0.25) is 28.1 Å². The summed E-state index contributed by atoms with van der Waals surface area (Å²) in [4.78, 5) is 43.4. The van der Waals surface area contributed by atoms with Crippen LogP contribution < -0.4 is 11.2 Å². The molecule has 7 nitrogen and oxygen atoms in total. The average molecular weight is 438 g/mol. The average Bonchev–Trinajstić information content (AvgIpc) is 3.41. The maximum Gasteiger partial charge on any atom is 0.332 e. The summed E-state index contributed by atoms with van der Waals surface area (Å²) in [6.45, 7) is 6.99. The number of alkyl halides is 1. The van der Waals surface area contributed by atoms with E-state index in [1.54, 1.807) is 31.6 Å². The van der Waals surface area contributed by atoms with E-state index in [9.17, 15) is 18.8 Å². The molecular weight excluding hydrogens is 409 g/mol.